The van der Waals surface area contributed by atoms with Crippen molar-refractivity contribution in [1.29, 1.82) is 0 Å². The SMILES string of the molecule is Cl.NCCc1ncc(F)cc1F. The molecule has 0 saturated heterocycles. The van der Waals surface area contributed by atoms with Crippen molar-refractivity contribution >= 4 is 12.4 Å². The van der Waals surface area contributed by atoms with Crippen LogP contribution >= 0.6 is 12.4 Å². The maximum absolute atomic E-state index is 12.7. The van der Waals surface area contributed by atoms with Gasteiger partial charge in [0, 0.05) is 12.5 Å². The maximum Gasteiger partial charge on any atom is 0.147 e. The second-order valence-corrected chi connectivity index (χ2v) is 2.12. The van der Waals surface area contributed by atoms with Gasteiger partial charge in [0.1, 0.15) is 11.6 Å². The van der Waals surface area contributed by atoms with Gasteiger partial charge in [0.25, 0.3) is 0 Å². The molecule has 2 N–H and O–H groups in total. The highest BCUT2D eigenvalue weighted by Crippen LogP contribution is 2.05. The van der Waals surface area contributed by atoms with Crippen LogP contribution in [0.25, 0.3) is 0 Å². The Labute approximate surface area is 75.2 Å². The van der Waals surface area contributed by atoms with Crippen LogP contribution in [0, 0.1) is 11.6 Å². The first-order valence-corrected chi connectivity index (χ1v) is 3.24. The molecule has 0 saturated carbocycles. The van der Waals surface area contributed by atoms with E-state index in [1.54, 1.807) is 0 Å². The Morgan fingerprint density at radius 2 is 2.08 bits per heavy atom. The number of nitrogens with two attached hydrogens (primary N) is 1. The third-order valence-electron chi connectivity index (χ3n) is 1.27. The van der Waals surface area contributed by atoms with Crippen LogP contribution in [0.2, 0.25) is 0 Å². The molecule has 2 nitrogen and oxygen atoms in total. The van der Waals surface area contributed by atoms with Gasteiger partial charge in [-0.25, -0.2) is 8.78 Å². The van der Waals surface area contributed by atoms with E-state index in [-0.39, 0.29) is 18.1 Å². The number of nitrogens with zero attached hydrogens (tertiary/aromatic N) is 1. The molecule has 0 radical (unpaired) electrons. The molecule has 0 atom stereocenters. The fourth-order valence-corrected chi connectivity index (χ4v) is 0.764. The summed E-state index contributed by atoms with van der Waals surface area (Å²) in [4.78, 5) is 3.54. The molecule has 12 heavy (non-hydrogen) atoms. The Hall–Kier alpha value is -0.740. The molecule has 0 aromatic carbocycles. The second kappa shape index (κ2) is 5.00. The zero-order chi connectivity index (χ0) is 8.27. The Balaban J connectivity index is 0.00000121. The lowest BCUT2D eigenvalue weighted by molar-refractivity contribution is 0.558. The molecule has 0 spiro atoms. The lowest BCUT2D eigenvalue weighted by Crippen LogP contribution is -2.06. The Morgan fingerprint density at radius 3 is 2.58 bits per heavy atom. The van der Waals surface area contributed by atoms with Crippen LogP contribution in [0.4, 0.5) is 8.78 Å². The number of pyridine rings is 1. The first-order chi connectivity index (χ1) is 5.24. The standard InChI is InChI=1S/C7H8F2N2.ClH/c8-5-3-6(9)7(1-2-10)11-4-5;/h3-4H,1-2,10H2;1H. The third kappa shape index (κ3) is 2.71. The van der Waals surface area contributed by atoms with Crippen molar-refractivity contribution < 1.29 is 8.78 Å². The van der Waals surface area contributed by atoms with Gasteiger partial charge in [-0.1, -0.05) is 0 Å². The molecule has 1 aromatic heterocycles. The molecule has 0 aliphatic carbocycles. The van der Waals surface area contributed by atoms with Gasteiger partial charge >= 0.3 is 0 Å². The maximum atomic E-state index is 12.7. The summed E-state index contributed by atoms with van der Waals surface area (Å²) in [5.74, 6) is -1.29. The van der Waals surface area contributed by atoms with Crippen LogP contribution in [-0.4, -0.2) is 11.5 Å². The summed E-state index contributed by atoms with van der Waals surface area (Å²) < 4.78 is 24.9. The van der Waals surface area contributed by atoms with Crippen molar-refractivity contribution in [2.75, 3.05) is 6.54 Å². The highest BCUT2D eigenvalue weighted by atomic mass is 35.5. The highest BCUT2D eigenvalue weighted by molar-refractivity contribution is 5.85. The first-order valence-electron chi connectivity index (χ1n) is 3.24. The molecule has 0 aliphatic rings. The van der Waals surface area contributed by atoms with Crippen molar-refractivity contribution in [3.05, 3.63) is 29.6 Å². The van der Waals surface area contributed by atoms with Crippen molar-refractivity contribution in [2.45, 2.75) is 6.42 Å². The molecule has 0 aliphatic heterocycles. The van der Waals surface area contributed by atoms with Gasteiger partial charge in [-0.15, -0.1) is 12.4 Å². The van der Waals surface area contributed by atoms with E-state index >= 15 is 0 Å². The summed E-state index contributed by atoms with van der Waals surface area (Å²) >= 11 is 0. The normalized spacial score (nSPS) is 9.25. The number of aromatic nitrogens is 1. The zero-order valence-corrected chi connectivity index (χ0v) is 7.07. The Kier molecular flexibility index (Phi) is 4.70. The predicted molar refractivity (Wildman–Crippen MR) is 44.2 cm³/mol. The minimum Gasteiger partial charge on any atom is -0.330 e. The van der Waals surface area contributed by atoms with E-state index < -0.39 is 11.6 Å². The highest BCUT2D eigenvalue weighted by Gasteiger charge is 2.02. The summed E-state index contributed by atoms with van der Waals surface area (Å²) in [6.07, 6.45) is 1.32. The topological polar surface area (TPSA) is 38.9 Å². The fourth-order valence-electron chi connectivity index (χ4n) is 0.764. The van der Waals surface area contributed by atoms with Gasteiger partial charge in [0.05, 0.1) is 11.9 Å². The molecule has 68 valence electrons. The van der Waals surface area contributed by atoms with E-state index in [1.807, 2.05) is 0 Å². The van der Waals surface area contributed by atoms with E-state index in [0.29, 0.717) is 13.0 Å². The van der Waals surface area contributed by atoms with Gasteiger partial charge in [-0.05, 0) is 6.54 Å². The molecule has 0 bridgehead atoms. The average Bonchev–Trinajstić information content (AvgIpc) is 1.95. The van der Waals surface area contributed by atoms with E-state index in [9.17, 15) is 8.78 Å². The number of rotatable bonds is 2. The van der Waals surface area contributed by atoms with Gasteiger partial charge in [0.15, 0.2) is 0 Å². The first kappa shape index (κ1) is 11.3. The van der Waals surface area contributed by atoms with Crippen molar-refractivity contribution in [3.8, 4) is 0 Å². The van der Waals surface area contributed by atoms with Crippen LogP contribution in [-0.2, 0) is 6.42 Å². The molecule has 1 rings (SSSR count). The predicted octanol–water partition coefficient (Wildman–Crippen LogP) is 1.28. The molecule has 1 heterocycles. The summed E-state index contributed by atoms with van der Waals surface area (Å²) in [7, 11) is 0. The van der Waals surface area contributed by atoms with E-state index in [0.717, 1.165) is 12.3 Å². The number of hydrogen-bond donors (Lipinski definition) is 1. The minimum atomic E-state index is -0.664. The smallest absolute Gasteiger partial charge is 0.147 e. The van der Waals surface area contributed by atoms with Crippen LogP contribution in [0.3, 0.4) is 0 Å². The summed E-state index contributed by atoms with van der Waals surface area (Å²) in [6, 6.07) is 0.804. The van der Waals surface area contributed by atoms with Gasteiger partial charge in [-0.2, -0.15) is 0 Å². The number of halogens is 3. The molecular formula is C7H9ClF2N2. The molecule has 0 fully saturated rings. The summed E-state index contributed by atoms with van der Waals surface area (Å²) in [5.41, 5.74) is 5.38. The van der Waals surface area contributed by atoms with E-state index in [2.05, 4.69) is 4.98 Å². The zero-order valence-electron chi connectivity index (χ0n) is 6.26. The van der Waals surface area contributed by atoms with Gasteiger partial charge in [-0.3, -0.25) is 4.98 Å². The molecular weight excluding hydrogens is 186 g/mol. The monoisotopic (exact) mass is 194 g/mol. The lowest BCUT2D eigenvalue weighted by atomic mass is 10.2. The largest absolute Gasteiger partial charge is 0.330 e. The fraction of sp³-hybridized carbons (Fsp3) is 0.286. The van der Waals surface area contributed by atoms with Crippen molar-refractivity contribution in [1.82, 2.24) is 4.98 Å². The van der Waals surface area contributed by atoms with Gasteiger partial charge < -0.3 is 5.73 Å². The van der Waals surface area contributed by atoms with E-state index in [1.165, 1.54) is 0 Å². The third-order valence-corrected chi connectivity index (χ3v) is 1.27. The number of hydrogen-bond acceptors (Lipinski definition) is 2. The lowest BCUT2D eigenvalue weighted by Gasteiger charge is -1.98. The van der Waals surface area contributed by atoms with Crippen LogP contribution in [0.15, 0.2) is 12.3 Å². The molecule has 0 unspecified atom stereocenters. The minimum absolute atomic E-state index is 0. The molecule has 1 aromatic rings. The van der Waals surface area contributed by atoms with Crippen LogP contribution < -0.4 is 5.73 Å². The van der Waals surface area contributed by atoms with Crippen LogP contribution in [0.1, 0.15) is 5.69 Å². The van der Waals surface area contributed by atoms with E-state index in [4.69, 9.17) is 5.73 Å². The van der Waals surface area contributed by atoms with Crippen LogP contribution in [0.5, 0.6) is 0 Å². The average molecular weight is 195 g/mol. The van der Waals surface area contributed by atoms with Crippen molar-refractivity contribution in [3.63, 3.8) is 0 Å². The quantitative estimate of drug-likeness (QED) is 0.771. The molecule has 0 amide bonds. The second-order valence-electron chi connectivity index (χ2n) is 2.12. The Bertz CT molecular complexity index is 255. The Morgan fingerprint density at radius 1 is 1.42 bits per heavy atom. The van der Waals surface area contributed by atoms with Gasteiger partial charge in [0.2, 0.25) is 0 Å². The summed E-state index contributed by atoms with van der Waals surface area (Å²) in [5, 5.41) is 0. The molecule has 5 heteroatoms. The van der Waals surface area contributed by atoms with Crippen molar-refractivity contribution in [2.24, 2.45) is 5.73 Å². The summed E-state index contributed by atoms with van der Waals surface area (Å²) in [6.45, 7) is 0.315.